The maximum absolute atomic E-state index is 12.8. The van der Waals surface area contributed by atoms with E-state index in [9.17, 15) is 19.5 Å². The highest BCUT2D eigenvalue weighted by molar-refractivity contribution is 5.98. The summed E-state index contributed by atoms with van der Waals surface area (Å²) in [5.74, 6) is -0.0398. The molecular weight excluding hydrogens is 432 g/mol. The standard InChI is InChI=1S/C27H34N2O5/c1-18(2)17-22(23(31)10-6-9-20-8-3-4-16-28-20)29-27(33)26-25(34-26)24(32)11-5-7-19-12-14-21(30)15-13-19/h3-4,8,12-16,18,22,25-26,30H,5-7,9-11,17H2,1-2H3,(H,29,33)/t22-,25?,26?/m0/s1. The van der Waals surface area contributed by atoms with E-state index in [-0.39, 0.29) is 29.1 Å². The Kier molecular flexibility index (Phi) is 9.33. The zero-order valence-electron chi connectivity index (χ0n) is 19.9. The van der Waals surface area contributed by atoms with E-state index >= 15 is 0 Å². The van der Waals surface area contributed by atoms with Crippen molar-refractivity contribution >= 4 is 17.5 Å². The van der Waals surface area contributed by atoms with Gasteiger partial charge < -0.3 is 15.2 Å². The number of ketones is 2. The molecule has 2 heterocycles. The molecule has 0 radical (unpaired) electrons. The van der Waals surface area contributed by atoms with Gasteiger partial charge in [0.05, 0.1) is 6.04 Å². The molecule has 182 valence electrons. The van der Waals surface area contributed by atoms with Gasteiger partial charge in [-0.25, -0.2) is 0 Å². The van der Waals surface area contributed by atoms with Gasteiger partial charge in [-0.2, -0.15) is 0 Å². The monoisotopic (exact) mass is 466 g/mol. The molecule has 1 aliphatic heterocycles. The summed E-state index contributed by atoms with van der Waals surface area (Å²) >= 11 is 0. The molecule has 1 saturated heterocycles. The molecule has 2 unspecified atom stereocenters. The Bertz CT molecular complexity index is 959. The summed E-state index contributed by atoms with van der Waals surface area (Å²) in [4.78, 5) is 42.2. The molecule has 2 aromatic rings. The van der Waals surface area contributed by atoms with Crippen molar-refractivity contribution in [3.63, 3.8) is 0 Å². The van der Waals surface area contributed by atoms with E-state index in [2.05, 4.69) is 10.3 Å². The average molecular weight is 467 g/mol. The lowest BCUT2D eigenvalue weighted by Gasteiger charge is -2.19. The van der Waals surface area contributed by atoms with Crippen molar-refractivity contribution in [3.05, 3.63) is 59.9 Å². The van der Waals surface area contributed by atoms with Gasteiger partial charge in [0.1, 0.15) is 5.75 Å². The van der Waals surface area contributed by atoms with E-state index in [4.69, 9.17) is 4.74 Å². The Hall–Kier alpha value is -3.06. The molecule has 3 rings (SSSR count). The number of pyridine rings is 1. The Morgan fingerprint density at radius 2 is 1.74 bits per heavy atom. The number of carbonyl (C=O) groups is 3. The van der Waals surface area contributed by atoms with Crippen LogP contribution in [0.25, 0.3) is 0 Å². The highest BCUT2D eigenvalue weighted by Gasteiger charge is 2.50. The molecule has 1 aromatic carbocycles. The molecule has 1 aliphatic rings. The third-order valence-corrected chi connectivity index (χ3v) is 5.89. The van der Waals surface area contributed by atoms with Crippen molar-refractivity contribution in [2.45, 2.75) is 77.0 Å². The van der Waals surface area contributed by atoms with Gasteiger partial charge >= 0.3 is 0 Å². The second kappa shape index (κ2) is 12.4. The van der Waals surface area contributed by atoms with Crippen LogP contribution in [0, 0.1) is 5.92 Å². The van der Waals surface area contributed by atoms with Gasteiger partial charge in [0, 0.05) is 24.7 Å². The maximum atomic E-state index is 12.8. The number of nitrogens with one attached hydrogen (secondary N) is 1. The highest BCUT2D eigenvalue weighted by Crippen LogP contribution is 2.26. The summed E-state index contributed by atoms with van der Waals surface area (Å²) < 4.78 is 5.37. The van der Waals surface area contributed by atoms with Crippen LogP contribution in [0.4, 0.5) is 0 Å². The molecule has 2 N–H and O–H groups in total. The Labute approximate surface area is 200 Å². The van der Waals surface area contributed by atoms with Crippen LogP contribution >= 0.6 is 0 Å². The largest absolute Gasteiger partial charge is 0.508 e. The minimum absolute atomic E-state index is 0.00425. The highest BCUT2D eigenvalue weighted by atomic mass is 16.6. The SMILES string of the molecule is CC(C)C[C@H](NC(=O)C1OC1C(=O)CCCc1ccc(O)cc1)C(=O)CCCc1ccccn1. The second-order valence-corrected chi connectivity index (χ2v) is 9.30. The number of aryl methyl sites for hydroxylation is 2. The number of rotatable bonds is 14. The van der Waals surface area contributed by atoms with E-state index in [0.717, 1.165) is 11.3 Å². The van der Waals surface area contributed by atoms with Crippen molar-refractivity contribution in [3.8, 4) is 5.75 Å². The van der Waals surface area contributed by atoms with E-state index in [1.807, 2.05) is 44.2 Å². The number of Topliss-reactive ketones (excluding diaryl/α,β-unsaturated/α-hetero) is 2. The minimum atomic E-state index is -0.808. The van der Waals surface area contributed by atoms with Crippen molar-refractivity contribution in [1.82, 2.24) is 10.3 Å². The number of ether oxygens (including phenoxy) is 1. The summed E-state index contributed by atoms with van der Waals surface area (Å²) in [6.07, 6.45) is 4.16. The molecular formula is C27H34N2O5. The van der Waals surface area contributed by atoms with Crippen molar-refractivity contribution in [2.75, 3.05) is 0 Å². The molecule has 1 aromatic heterocycles. The van der Waals surface area contributed by atoms with Crippen molar-refractivity contribution in [2.24, 2.45) is 5.92 Å². The molecule has 7 heteroatoms. The van der Waals surface area contributed by atoms with Crippen molar-refractivity contribution in [1.29, 1.82) is 0 Å². The van der Waals surface area contributed by atoms with Gasteiger partial charge in [-0.3, -0.25) is 19.4 Å². The van der Waals surface area contributed by atoms with Crippen LogP contribution in [-0.4, -0.2) is 45.8 Å². The topological polar surface area (TPSA) is 109 Å². The molecule has 0 spiro atoms. The average Bonchev–Trinajstić information content (AvgIpc) is 3.61. The maximum Gasteiger partial charge on any atom is 0.252 e. The van der Waals surface area contributed by atoms with E-state index in [1.165, 1.54) is 0 Å². The molecule has 1 amide bonds. The Morgan fingerprint density at radius 1 is 1.00 bits per heavy atom. The fourth-order valence-electron chi connectivity index (χ4n) is 3.99. The van der Waals surface area contributed by atoms with Gasteiger partial charge in [-0.15, -0.1) is 0 Å². The van der Waals surface area contributed by atoms with Gasteiger partial charge in [0.15, 0.2) is 23.8 Å². The summed E-state index contributed by atoms with van der Waals surface area (Å²) in [6.45, 7) is 4.02. The lowest BCUT2D eigenvalue weighted by atomic mass is 9.96. The number of carbonyl (C=O) groups excluding carboxylic acids is 3. The third-order valence-electron chi connectivity index (χ3n) is 5.89. The predicted molar refractivity (Wildman–Crippen MR) is 128 cm³/mol. The summed E-state index contributed by atoms with van der Waals surface area (Å²) in [6, 6.07) is 12.0. The third kappa shape index (κ3) is 8.06. The van der Waals surface area contributed by atoms with Crippen LogP contribution in [0.15, 0.2) is 48.7 Å². The van der Waals surface area contributed by atoms with Gasteiger partial charge in [-0.1, -0.05) is 32.0 Å². The van der Waals surface area contributed by atoms with E-state index < -0.39 is 18.2 Å². The van der Waals surface area contributed by atoms with Crippen LogP contribution in [0.5, 0.6) is 5.75 Å². The minimum Gasteiger partial charge on any atom is -0.508 e. The first kappa shape index (κ1) is 25.6. The zero-order chi connectivity index (χ0) is 24.5. The van der Waals surface area contributed by atoms with Crippen LogP contribution < -0.4 is 5.32 Å². The number of aromatic nitrogens is 1. The number of amides is 1. The zero-order valence-corrected chi connectivity index (χ0v) is 19.9. The first-order chi connectivity index (χ1) is 16.3. The Morgan fingerprint density at radius 3 is 2.41 bits per heavy atom. The summed E-state index contributed by atoms with van der Waals surface area (Å²) in [5.41, 5.74) is 1.98. The van der Waals surface area contributed by atoms with E-state index in [0.29, 0.717) is 44.9 Å². The van der Waals surface area contributed by atoms with Gasteiger partial charge in [0.2, 0.25) is 0 Å². The predicted octanol–water partition coefficient (Wildman–Crippen LogP) is 3.57. The fraction of sp³-hybridized carbons (Fsp3) is 0.481. The number of epoxide rings is 1. The second-order valence-electron chi connectivity index (χ2n) is 9.30. The van der Waals surface area contributed by atoms with Crippen LogP contribution in [0.2, 0.25) is 0 Å². The quantitative estimate of drug-likeness (QED) is 0.412. The van der Waals surface area contributed by atoms with Crippen LogP contribution in [0.1, 0.15) is 57.2 Å². The molecule has 0 aliphatic carbocycles. The molecule has 0 bridgehead atoms. The smallest absolute Gasteiger partial charge is 0.252 e. The molecule has 0 saturated carbocycles. The first-order valence-electron chi connectivity index (χ1n) is 12.0. The summed E-state index contributed by atoms with van der Waals surface area (Å²) in [7, 11) is 0. The first-order valence-corrected chi connectivity index (χ1v) is 12.0. The molecule has 1 fully saturated rings. The van der Waals surface area contributed by atoms with Crippen molar-refractivity contribution < 1.29 is 24.2 Å². The van der Waals surface area contributed by atoms with Crippen LogP contribution in [0.3, 0.4) is 0 Å². The van der Waals surface area contributed by atoms with Gasteiger partial charge in [0.25, 0.3) is 5.91 Å². The summed E-state index contributed by atoms with van der Waals surface area (Å²) in [5, 5.41) is 12.2. The molecule has 7 nitrogen and oxygen atoms in total. The van der Waals surface area contributed by atoms with E-state index in [1.54, 1.807) is 18.3 Å². The molecule has 34 heavy (non-hydrogen) atoms. The number of hydrogen-bond acceptors (Lipinski definition) is 6. The lowest BCUT2D eigenvalue weighted by Crippen LogP contribution is -2.44. The normalized spacial score (nSPS) is 17.9. The number of phenols is 1. The number of benzene rings is 1. The molecule has 3 atom stereocenters. The number of nitrogens with zero attached hydrogens (tertiary/aromatic N) is 1. The van der Waals surface area contributed by atoms with Gasteiger partial charge in [-0.05, 0) is 67.9 Å². The lowest BCUT2D eigenvalue weighted by molar-refractivity contribution is -0.129. The number of aromatic hydroxyl groups is 1. The fourth-order valence-corrected chi connectivity index (χ4v) is 3.99. The van der Waals surface area contributed by atoms with Crippen LogP contribution in [-0.2, 0) is 32.0 Å². The number of phenolic OH excluding ortho intramolecular Hbond substituents is 1. The number of hydrogen-bond donors (Lipinski definition) is 2. The Balaban J connectivity index is 1.42.